The highest BCUT2D eigenvalue weighted by atomic mass is 16.3. The molecule has 2 aliphatic heterocycles. The highest BCUT2D eigenvalue weighted by Crippen LogP contribution is 2.44. The fourth-order valence-electron chi connectivity index (χ4n) is 3.77. The first-order chi connectivity index (χ1) is 14.6. The molecule has 0 bridgehead atoms. The lowest BCUT2D eigenvalue weighted by molar-refractivity contribution is -0.134. The second-order valence-electron chi connectivity index (χ2n) is 6.84. The Labute approximate surface area is 170 Å². The minimum atomic E-state index is -0.986. The van der Waals surface area contributed by atoms with Crippen molar-refractivity contribution in [1.82, 2.24) is 0 Å². The third-order valence-corrected chi connectivity index (χ3v) is 5.06. The van der Waals surface area contributed by atoms with Gasteiger partial charge in [-0.25, -0.2) is 0 Å². The van der Waals surface area contributed by atoms with Gasteiger partial charge in [0.2, 0.25) is 0 Å². The molecule has 146 valence electrons. The number of Topliss-reactive ketones (excluding diaryl/α,β-unsaturated/α-hetero) is 2. The zero-order valence-corrected chi connectivity index (χ0v) is 15.6. The van der Waals surface area contributed by atoms with Crippen LogP contribution >= 0.6 is 0 Å². The molecule has 0 spiro atoms. The average molecular weight is 398 g/mol. The van der Waals surface area contributed by atoms with Gasteiger partial charge in [-0.15, -0.1) is 0 Å². The van der Waals surface area contributed by atoms with Crippen LogP contribution in [0.3, 0.4) is 0 Å². The lowest BCUT2D eigenvalue weighted by Crippen LogP contribution is -2.42. The number of fused-ring (bicyclic) bond motifs is 3. The topological polar surface area (TPSA) is 87.9 Å². The van der Waals surface area contributed by atoms with E-state index in [1.54, 1.807) is 60.7 Å². The molecule has 0 aliphatic carbocycles. The van der Waals surface area contributed by atoms with E-state index in [2.05, 4.69) is 0 Å². The van der Waals surface area contributed by atoms with Gasteiger partial charge in [-0.1, -0.05) is 30.3 Å². The number of anilines is 3. The van der Waals surface area contributed by atoms with E-state index in [1.807, 2.05) is 6.07 Å². The predicted octanol–water partition coefficient (Wildman–Crippen LogP) is 2.94. The van der Waals surface area contributed by atoms with Crippen molar-refractivity contribution in [3.05, 3.63) is 90.0 Å². The van der Waals surface area contributed by atoms with Crippen LogP contribution in [0.4, 0.5) is 17.1 Å². The van der Waals surface area contributed by atoms with Gasteiger partial charge in [0, 0.05) is 5.69 Å². The Bertz CT molecular complexity index is 1240. The van der Waals surface area contributed by atoms with Gasteiger partial charge in [0.05, 0.1) is 24.1 Å². The van der Waals surface area contributed by atoms with E-state index in [9.17, 15) is 19.2 Å². The third kappa shape index (κ3) is 2.52. The Balaban J connectivity index is 1.71. The molecule has 5 rings (SSSR count). The van der Waals surface area contributed by atoms with Gasteiger partial charge in [-0.3, -0.25) is 29.0 Å². The first-order valence-electron chi connectivity index (χ1n) is 9.25. The Morgan fingerprint density at radius 1 is 0.767 bits per heavy atom. The van der Waals surface area contributed by atoms with E-state index in [0.29, 0.717) is 22.8 Å². The lowest BCUT2D eigenvalue weighted by atomic mass is 10.0. The largest absolute Gasteiger partial charge is 0.469 e. The number of hydrogen-bond donors (Lipinski definition) is 0. The molecule has 0 unspecified atom stereocenters. The van der Waals surface area contributed by atoms with Crippen LogP contribution in [0.1, 0.15) is 5.76 Å². The first-order valence-corrected chi connectivity index (χ1v) is 9.25. The minimum absolute atomic E-state index is 0.218. The quantitative estimate of drug-likeness (QED) is 0.498. The summed E-state index contributed by atoms with van der Waals surface area (Å²) in [5, 5.41) is 0. The third-order valence-electron chi connectivity index (χ3n) is 5.06. The molecule has 0 radical (unpaired) electrons. The molecule has 7 heteroatoms. The second kappa shape index (κ2) is 6.66. The van der Waals surface area contributed by atoms with Gasteiger partial charge < -0.3 is 4.42 Å². The van der Waals surface area contributed by atoms with Gasteiger partial charge >= 0.3 is 5.91 Å². The molecule has 0 saturated carbocycles. The molecular weight excluding hydrogens is 384 g/mol. The van der Waals surface area contributed by atoms with Crippen molar-refractivity contribution in [2.45, 2.75) is 6.42 Å². The van der Waals surface area contributed by atoms with Crippen molar-refractivity contribution in [2.75, 3.05) is 9.80 Å². The van der Waals surface area contributed by atoms with Crippen molar-refractivity contribution in [2.24, 2.45) is 0 Å². The van der Waals surface area contributed by atoms with Gasteiger partial charge in [0.15, 0.2) is 5.78 Å². The highest BCUT2D eigenvalue weighted by molar-refractivity contribution is 6.59. The molecule has 0 N–H and O–H groups in total. The monoisotopic (exact) mass is 398 g/mol. The summed E-state index contributed by atoms with van der Waals surface area (Å²) in [6.45, 7) is 0. The molecule has 2 aliphatic rings. The molecule has 0 saturated heterocycles. The van der Waals surface area contributed by atoms with Crippen molar-refractivity contribution < 1.29 is 23.6 Å². The molecular formula is C23H14N2O5. The number of amides is 2. The van der Waals surface area contributed by atoms with Crippen molar-refractivity contribution >= 4 is 40.4 Å². The maximum absolute atomic E-state index is 13.5. The van der Waals surface area contributed by atoms with Crippen LogP contribution in [-0.2, 0) is 25.6 Å². The number of hydrogen-bond acceptors (Lipinski definition) is 5. The lowest BCUT2D eigenvalue weighted by Gasteiger charge is -2.35. The van der Waals surface area contributed by atoms with E-state index >= 15 is 0 Å². The summed E-state index contributed by atoms with van der Waals surface area (Å²) in [5.74, 6) is -2.81. The molecule has 3 aromatic rings. The van der Waals surface area contributed by atoms with Crippen LogP contribution in [0.2, 0.25) is 0 Å². The van der Waals surface area contributed by atoms with Crippen molar-refractivity contribution in [1.29, 1.82) is 0 Å². The number of nitrogens with zero attached hydrogens (tertiary/aromatic N) is 2. The Hall–Kier alpha value is -4.26. The standard InChI is InChI=1S/C23H14N2O5/c26-18(13-15-9-6-12-30-15)19-20-22(28)24(14-7-2-1-3-8-14)16-10-4-5-11-17(16)25(20)23(29)21(19)27/h1-12H,13H2. The number of carbonyl (C=O) groups excluding carboxylic acids is 4. The fourth-order valence-corrected chi connectivity index (χ4v) is 3.77. The molecule has 2 aromatic carbocycles. The number of para-hydroxylation sites is 3. The van der Waals surface area contributed by atoms with Crippen LogP contribution in [0.5, 0.6) is 0 Å². The second-order valence-corrected chi connectivity index (χ2v) is 6.84. The van der Waals surface area contributed by atoms with Crippen LogP contribution < -0.4 is 9.80 Å². The minimum Gasteiger partial charge on any atom is -0.469 e. The molecule has 0 atom stereocenters. The summed E-state index contributed by atoms with van der Waals surface area (Å²) in [7, 11) is 0. The summed E-state index contributed by atoms with van der Waals surface area (Å²) < 4.78 is 5.19. The predicted molar refractivity (Wildman–Crippen MR) is 107 cm³/mol. The maximum atomic E-state index is 13.5. The van der Waals surface area contributed by atoms with Crippen molar-refractivity contribution in [3.8, 4) is 0 Å². The van der Waals surface area contributed by atoms with E-state index in [4.69, 9.17) is 4.42 Å². The number of ketones is 2. The fraction of sp³-hybridized carbons (Fsp3) is 0.0435. The summed E-state index contributed by atoms with van der Waals surface area (Å²) in [6.07, 6.45) is 1.19. The van der Waals surface area contributed by atoms with E-state index in [1.165, 1.54) is 11.2 Å². The summed E-state index contributed by atoms with van der Waals surface area (Å²) >= 11 is 0. The van der Waals surface area contributed by atoms with Gasteiger partial charge in [0.25, 0.3) is 11.7 Å². The zero-order chi connectivity index (χ0) is 20.8. The normalized spacial score (nSPS) is 15.5. The Morgan fingerprint density at radius 3 is 2.10 bits per heavy atom. The van der Waals surface area contributed by atoms with Crippen molar-refractivity contribution in [3.63, 3.8) is 0 Å². The number of benzene rings is 2. The Kier molecular flexibility index (Phi) is 3.96. The van der Waals surface area contributed by atoms with E-state index < -0.39 is 29.0 Å². The number of rotatable bonds is 4. The number of furan rings is 1. The summed E-state index contributed by atoms with van der Waals surface area (Å²) in [5.41, 5.74) is 0.765. The SMILES string of the molecule is O=C(Cc1ccco1)C1=C2C(=O)N(c3ccccc3)c3ccccc3N2C(=O)C1=O. The summed E-state index contributed by atoms with van der Waals surface area (Å²) in [6, 6.07) is 18.8. The van der Waals surface area contributed by atoms with Crippen LogP contribution in [0.25, 0.3) is 0 Å². The smallest absolute Gasteiger partial charge is 0.304 e. The van der Waals surface area contributed by atoms with Crippen LogP contribution in [-0.4, -0.2) is 23.4 Å². The molecule has 3 heterocycles. The highest BCUT2D eigenvalue weighted by Gasteiger charge is 2.50. The summed E-state index contributed by atoms with van der Waals surface area (Å²) in [4.78, 5) is 54.5. The molecule has 2 amide bonds. The molecule has 1 aromatic heterocycles. The zero-order valence-electron chi connectivity index (χ0n) is 15.6. The van der Waals surface area contributed by atoms with Gasteiger partial charge in [-0.2, -0.15) is 0 Å². The molecule has 0 fully saturated rings. The van der Waals surface area contributed by atoms with Crippen LogP contribution in [0, 0.1) is 0 Å². The number of carbonyl (C=O) groups is 4. The average Bonchev–Trinajstić information content (AvgIpc) is 3.36. The first kappa shape index (κ1) is 17.8. The van der Waals surface area contributed by atoms with E-state index in [0.717, 1.165) is 4.90 Å². The van der Waals surface area contributed by atoms with Crippen LogP contribution in [0.15, 0.2) is 88.7 Å². The molecule has 30 heavy (non-hydrogen) atoms. The Morgan fingerprint density at radius 2 is 1.43 bits per heavy atom. The van der Waals surface area contributed by atoms with Gasteiger partial charge in [-0.05, 0) is 36.4 Å². The van der Waals surface area contributed by atoms with E-state index in [-0.39, 0.29) is 12.1 Å². The van der Waals surface area contributed by atoms with Gasteiger partial charge in [0.1, 0.15) is 17.0 Å². The molecule has 7 nitrogen and oxygen atoms in total. The maximum Gasteiger partial charge on any atom is 0.304 e.